The Balaban J connectivity index is 2.08. The van der Waals surface area contributed by atoms with Crippen molar-refractivity contribution >= 4 is 0 Å². The monoisotopic (exact) mass is 219 g/mol. The molecule has 88 valence electrons. The zero-order valence-electron chi connectivity index (χ0n) is 10.5. The first-order valence-electron chi connectivity index (χ1n) is 6.29. The van der Waals surface area contributed by atoms with Gasteiger partial charge in [0.2, 0.25) is 0 Å². The molecule has 1 aromatic heterocycles. The average molecular weight is 219 g/mol. The number of nitrogens with zero attached hydrogens (tertiary/aromatic N) is 2. The fourth-order valence-corrected chi connectivity index (χ4v) is 1.93. The summed E-state index contributed by atoms with van der Waals surface area (Å²) in [5.74, 6) is 1.69. The highest BCUT2D eigenvalue weighted by molar-refractivity contribution is 5.21. The molecule has 1 atom stereocenters. The second-order valence-electron chi connectivity index (χ2n) is 4.72. The minimum Gasteiger partial charge on any atom is -0.310 e. The summed E-state index contributed by atoms with van der Waals surface area (Å²) in [6.45, 7) is 7.50. The molecular formula is C13H21N3. The van der Waals surface area contributed by atoms with Gasteiger partial charge in [0.15, 0.2) is 0 Å². The third-order valence-corrected chi connectivity index (χ3v) is 3.15. The van der Waals surface area contributed by atoms with Crippen LogP contribution in [-0.2, 0) is 0 Å². The molecular weight excluding hydrogens is 198 g/mol. The Bertz CT molecular complexity index is 358. The van der Waals surface area contributed by atoms with Gasteiger partial charge in [0.1, 0.15) is 5.82 Å². The van der Waals surface area contributed by atoms with Crippen LogP contribution in [-0.4, -0.2) is 16.5 Å². The number of rotatable bonds is 5. The average Bonchev–Trinajstić information content (AvgIpc) is 3.09. The van der Waals surface area contributed by atoms with Gasteiger partial charge in [-0.15, -0.1) is 0 Å². The molecule has 0 amide bonds. The quantitative estimate of drug-likeness (QED) is 0.827. The van der Waals surface area contributed by atoms with Gasteiger partial charge >= 0.3 is 0 Å². The van der Waals surface area contributed by atoms with Gasteiger partial charge in [-0.3, -0.25) is 0 Å². The minimum atomic E-state index is 0.355. The van der Waals surface area contributed by atoms with E-state index in [4.69, 9.17) is 0 Å². The number of nitrogens with one attached hydrogen (secondary N) is 1. The molecule has 0 aliphatic heterocycles. The fraction of sp³-hybridized carbons (Fsp3) is 0.692. The molecule has 16 heavy (non-hydrogen) atoms. The first-order chi connectivity index (χ1) is 7.72. The van der Waals surface area contributed by atoms with Gasteiger partial charge in [0.05, 0.1) is 0 Å². The Hall–Kier alpha value is -0.960. The lowest BCUT2D eigenvalue weighted by atomic mass is 10.1. The maximum absolute atomic E-state index is 4.61. The SMILES string of the molecule is CCCNC(C)c1cnc(C2CC2)nc1C. The summed E-state index contributed by atoms with van der Waals surface area (Å²) >= 11 is 0. The van der Waals surface area contributed by atoms with Crippen LogP contribution in [0.2, 0.25) is 0 Å². The fourth-order valence-electron chi connectivity index (χ4n) is 1.93. The van der Waals surface area contributed by atoms with Gasteiger partial charge in [-0.05, 0) is 39.7 Å². The van der Waals surface area contributed by atoms with Gasteiger partial charge in [-0.25, -0.2) is 9.97 Å². The molecule has 1 aromatic rings. The van der Waals surface area contributed by atoms with Crippen LogP contribution in [0.4, 0.5) is 0 Å². The van der Waals surface area contributed by atoms with Gasteiger partial charge < -0.3 is 5.32 Å². The predicted molar refractivity (Wildman–Crippen MR) is 65.5 cm³/mol. The smallest absolute Gasteiger partial charge is 0.131 e. The second kappa shape index (κ2) is 4.91. The van der Waals surface area contributed by atoms with Crippen molar-refractivity contribution in [2.24, 2.45) is 0 Å². The van der Waals surface area contributed by atoms with Crippen molar-refractivity contribution in [2.75, 3.05) is 6.54 Å². The molecule has 1 fully saturated rings. The van der Waals surface area contributed by atoms with Crippen LogP contribution in [0.25, 0.3) is 0 Å². The first kappa shape index (κ1) is 11.5. The normalized spacial score (nSPS) is 17.4. The maximum atomic E-state index is 4.61. The summed E-state index contributed by atoms with van der Waals surface area (Å²) in [5, 5.41) is 3.47. The standard InChI is InChI=1S/C13H21N3/c1-4-7-14-9(2)12-8-15-13(11-5-6-11)16-10(12)3/h8-9,11,14H,4-7H2,1-3H3. The van der Waals surface area contributed by atoms with Crippen molar-refractivity contribution in [3.63, 3.8) is 0 Å². The summed E-state index contributed by atoms with van der Waals surface area (Å²) in [7, 11) is 0. The van der Waals surface area contributed by atoms with E-state index in [1.807, 2.05) is 6.20 Å². The van der Waals surface area contributed by atoms with E-state index in [2.05, 4.69) is 36.1 Å². The number of hydrogen-bond donors (Lipinski definition) is 1. The highest BCUT2D eigenvalue weighted by Crippen LogP contribution is 2.38. The molecule has 0 saturated heterocycles. The third kappa shape index (κ3) is 2.59. The Labute approximate surface area is 97.7 Å². The molecule has 0 aromatic carbocycles. The van der Waals surface area contributed by atoms with E-state index in [9.17, 15) is 0 Å². The summed E-state index contributed by atoms with van der Waals surface area (Å²) in [6, 6.07) is 0.355. The van der Waals surface area contributed by atoms with E-state index >= 15 is 0 Å². The van der Waals surface area contributed by atoms with Gasteiger partial charge in [0.25, 0.3) is 0 Å². The summed E-state index contributed by atoms with van der Waals surface area (Å²) in [5.41, 5.74) is 2.37. The molecule has 2 rings (SSSR count). The van der Waals surface area contributed by atoms with E-state index in [0.29, 0.717) is 12.0 Å². The predicted octanol–water partition coefficient (Wildman–Crippen LogP) is 2.72. The Kier molecular flexibility index (Phi) is 3.54. The number of hydrogen-bond acceptors (Lipinski definition) is 3. The van der Waals surface area contributed by atoms with Crippen molar-refractivity contribution in [2.45, 2.75) is 52.0 Å². The van der Waals surface area contributed by atoms with Crippen molar-refractivity contribution in [1.82, 2.24) is 15.3 Å². The van der Waals surface area contributed by atoms with Crippen molar-refractivity contribution in [1.29, 1.82) is 0 Å². The molecule has 1 aliphatic rings. The lowest BCUT2D eigenvalue weighted by Crippen LogP contribution is -2.21. The summed E-state index contributed by atoms with van der Waals surface area (Å²) < 4.78 is 0. The lowest BCUT2D eigenvalue weighted by Gasteiger charge is -2.15. The molecule has 1 heterocycles. The van der Waals surface area contributed by atoms with Crippen LogP contribution < -0.4 is 5.32 Å². The Morgan fingerprint density at radius 1 is 1.50 bits per heavy atom. The third-order valence-electron chi connectivity index (χ3n) is 3.15. The van der Waals surface area contributed by atoms with Crippen LogP contribution in [0.3, 0.4) is 0 Å². The minimum absolute atomic E-state index is 0.355. The van der Waals surface area contributed by atoms with E-state index < -0.39 is 0 Å². The van der Waals surface area contributed by atoms with E-state index in [-0.39, 0.29) is 0 Å². The van der Waals surface area contributed by atoms with Gasteiger partial charge in [-0.1, -0.05) is 6.92 Å². The topological polar surface area (TPSA) is 37.8 Å². The van der Waals surface area contributed by atoms with E-state index in [1.165, 1.54) is 18.4 Å². The molecule has 0 radical (unpaired) electrons. The molecule has 3 nitrogen and oxygen atoms in total. The van der Waals surface area contributed by atoms with Crippen molar-refractivity contribution < 1.29 is 0 Å². The highest BCUT2D eigenvalue weighted by atomic mass is 14.9. The first-order valence-corrected chi connectivity index (χ1v) is 6.29. The zero-order chi connectivity index (χ0) is 11.5. The van der Waals surface area contributed by atoms with Crippen LogP contribution >= 0.6 is 0 Å². The molecule has 3 heteroatoms. The molecule has 1 N–H and O–H groups in total. The van der Waals surface area contributed by atoms with Crippen molar-refractivity contribution in [3.05, 3.63) is 23.3 Å². The second-order valence-corrected chi connectivity index (χ2v) is 4.72. The summed E-state index contributed by atoms with van der Waals surface area (Å²) in [6.07, 6.45) is 5.69. The number of aromatic nitrogens is 2. The number of aryl methyl sites for hydroxylation is 1. The van der Waals surface area contributed by atoms with Crippen LogP contribution in [0.15, 0.2) is 6.20 Å². The molecule has 1 saturated carbocycles. The van der Waals surface area contributed by atoms with Gasteiger partial charge in [0, 0.05) is 29.4 Å². The Morgan fingerprint density at radius 2 is 2.25 bits per heavy atom. The molecule has 1 aliphatic carbocycles. The van der Waals surface area contributed by atoms with Crippen LogP contribution in [0.5, 0.6) is 0 Å². The molecule has 1 unspecified atom stereocenters. The van der Waals surface area contributed by atoms with Gasteiger partial charge in [-0.2, -0.15) is 0 Å². The van der Waals surface area contributed by atoms with Crippen LogP contribution in [0.1, 0.15) is 62.2 Å². The lowest BCUT2D eigenvalue weighted by molar-refractivity contribution is 0.563. The van der Waals surface area contributed by atoms with E-state index in [1.54, 1.807) is 0 Å². The van der Waals surface area contributed by atoms with E-state index in [0.717, 1.165) is 24.5 Å². The largest absolute Gasteiger partial charge is 0.310 e. The molecule has 0 spiro atoms. The van der Waals surface area contributed by atoms with Crippen molar-refractivity contribution in [3.8, 4) is 0 Å². The van der Waals surface area contributed by atoms with Crippen LogP contribution in [0, 0.1) is 6.92 Å². The maximum Gasteiger partial charge on any atom is 0.131 e. The molecule has 0 bridgehead atoms. The highest BCUT2D eigenvalue weighted by Gasteiger charge is 2.27. The zero-order valence-corrected chi connectivity index (χ0v) is 10.5. The Morgan fingerprint density at radius 3 is 2.81 bits per heavy atom. The summed E-state index contributed by atoms with van der Waals surface area (Å²) in [4.78, 5) is 9.09.